The number of fused-ring (bicyclic) bond motifs is 1. The van der Waals surface area contributed by atoms with Crippen LogP contribution >= 0.6 is 0 Å². The molecule has 0 radical (unpaired) electrons. The highest BCUT2D eigenvalue weighted by Gasteiger charge is 2.10. The van der Waals surface area contributed by atoms with Crippen LogP contribution in [0.3, 0.4) is 0 Å². The van der Waals surface area contributed by atoms with E-state index in [9.17, 15) is 4.79 Å². The maximum atomic E-state index is 11.4. The Labute approximate surface area is 120 Å². The summed E-state index contributed by atoms with van der Waals surface area (Å²) in [5, 5.41) is 10.4. The summed E-state index contributed by atoms with van der Waals surface area (Å²) in [6, 6.07) is 7.45. The second kappa shape index (κ2) is 5.16. The smallest absolute Gasteiger partial charge is 0.247 e. The van der Waals surface area contributed by atoms with Crippen LogP contribution in [-0.4, -0.2) is 26.1 Å². The summed E-state index contributed by atoms with van der Waals surface area (Å²) in [6.07, 6.45) is 2.93. The number of hydrogen-bond donors (Lipinski definition) is 2. The van der Waals surface area contributed by atoms with Crippen molar-refractivity contribution in [2.75, 3.05) is 5.32 Å². The van der Waals surface area contributed by atoms with Crippen molar-refractivity contribution in [3.63, 3.8) is 0 Å². The van der Waals surface area contributed by atoms with Gasteiger partial charge in [-0.05, 0) is 25.1 Å². The van der Waals surface area contributed by atoms with Crippen molar-refractivity contribution < 1.29 is 4.79 Å². The van der Waals surface area contributed by atoms with Gasteiger partial charge in [-0.1, -0.05) is 18.7 Å². The molecule has 3 rings (SSSR count). The summed E-state index contributed by atoms with van der Waals surface area (Å²) >= 11 is 0. The van der Waals surface area contributed by atoms with E-state index in [1.807, 2.05) is 31.2 Å². The number of anilines is 1. The van der Waals surface area contributed by atoms with E-state index in [0.29, 0.717) is 17.2 Å². The van der Waals surface area contributed by atoms with Gasteiger partial charge in [0.05, 0.1) is 17.3 Å². The lowest BCUT2D eigenvalue weighted by atomic mass is 10.1. The van der Waals surface area contributed by atoms with Crippen molar-refractivity contribution in [3.8, 4) is 11.3 Å². The largest absolute Gasteiger partial charge is 0.323 e. The van der Waals surface area contributed by atoms with Crippen LogP contribution in [0.25, 0.3) is 22.3 Å². The number of benzene rings is 1. The molecular formula is C15H13N5O. The number of hydrogen-bond acceptors (Lipinski definition) is 4. The maximum absolute atomic E-state index is 11.4. The van der Waals surface area contributed by atoms with Crippen LogP contribution < -0.4 is 5.32 Å². The number of rotatable bonds is 3. The first-order chi connectivity index (χ1) is 10.2. The summed E-state index contributed by atoms with van der Waals surface area (Å²) in [5.41, 5.74) is 3.04. The van der Waals surface area contributed by atoms with Gasteiger partial charge < -0.3 is 5.32 Å². The van der Waals surface area contributed by atoms with Crippen molar-refractivity contribution in [1.82, 2.24) is 20.2 Å². The molecule has 0 saturated heterocycles. The van der Waals surface area contributed by atoms with E-state index >= 15 is 0 Å². The van der Waals surface area contributed by atoms with E-state index in [4.69, 9.17) is 0 Å². The van der Waals surface area contributed by atoms with E-state index in [1.165, 1.54) is 6.08 Å². The number of aromatic nitrogens is 4. The lowest BCUT2D eigenvalue weighted by molar-refractivity contribution is -0.111. The Morgan fingerprint density at radius 3 is 3.05 bits per heavy atom. The number of amides is 1. The van der Waals surface area contributed by atoms with Gasteiger partial charge in [-0.3, -0.25) is 9.89 Å². The molecule has 6 nitrogen and oxygen atoms in total. The zero-order valence-corrected chi connectivity index (χ0v) is 11.4. The average Bonchev–Trinajstić information content (AvgIpc) is 2.94. The highest BCUT2D eigenvalue weighted by atomic mass is 16.1. The standard InChI is InChI=1S/C15H13N5O/c1-3-13(21)19-11-6-4-5-10(7-11)14-12-8-16-20-15(12)18-9(2)17-14/h3-8H,1H2,2H3,(H,19,21)(H,16,17,18,20). The third-order valence-corrected chi connectivity index (χ3v) is 3.01. The van der Waals surface area contributed by atoms with Gasteiger partial charge in [-0.15, -0.1) is 0 Å². The molecule has 0 spiro atoms. The molecule has 0 aliphatic rings. The fourth-order valence-electron chi connectivity index (χ4n) is 2.10. The van der Waals surface area contributed by atoms with Gasteiger partial charge in [0.25, 0.3) is 0 Å². The molecule has 104 valence electrons. The quantitative estimate of drug-likeness (QED) is 0.721. The van der Waals surface area contributed by atoms with Gasteiger partial charge in [0.2, 0.25) is 5.91 Å². The number of nitrogens with zero attached hydrogens (tertiary/aromatic N) is 3. The third kappa shape index (κ3) is 2.51. The fraction of sp³-hybridized carbons (Fsp3) is 0.0667. The first-order valence-electron chi connectivity index (χ1n) is 6.39. The number of H-pyrrole nitrogens is 1. The van der Waals surface area contributed by atoms with Gasteiger partial charge in [0.1, 0.15) is 5.82 Å². The molecule has 0 aliphatic heterocycles. The Kier molecular flexibility index (Phi) is 3.19. The second-order valence-electron chi connectivity index (χ2n) is 4.53. The van der Waals surface area contributed by atoms with Crippen LogP contribution in [0.15, 0.2) is 43.1 Å². The number of aromatic amines is 1. The van der Waals surface area contributed by atoms with Gasteiger partial charge in [-0.25, -0.2) is 9.97 Å². The molecule has 1 amide bonds. The minimum atomic E-state index is -0.250. The van der Waals surface area contributed by atoms with Crippen LogP contribution in [0.4, 0.5) is 5.69 Å². The van der Waals surface area contributed by atoms with E-state index in [2.05, 4.69) is 32.1 Å². The molecule has 0 fully saturated rings. The van der Waals surface area contributed by atoms with Crippen molar-refractivity contribution in [3.05, 3.63) is 48.9 Å². The fourth-order valence-corrected chi connectivity index (χ4v) is 2.10. The van der Waals surface area contributed by atoms with Gasteiger partial charge in [-0.2, -0.15) is 5.10 Å². The van der Waals surface area contributed by atoms with E-state index in [1.54, 1.807) is 6.20 Å². The van der Waals surface area contributed by atoms with Crippen molar-refractivity contribution in [1.29, 1.82) is 0 Å². The Hall–Kier alpha value is -3.02. The van der Waals surface area contributed by atoms with Crippen LogP contribution in [-0.2, 0) is 4.79 Å². The Morgan fingerprint density at radius 2 is 2.24 bits per heavy atom. The Balaban J connectivity index is 2.10. The topological polar surface area (TPSA) is 83.6 Å². The number of carbonyl (C=O) groups is 1. The highest BCUT2D eigenvalue weighted by Crippen LogP contribution is 2.26. The first kappa shape index (κ1) is 13.0. The first-order valence-corrected chi connectivity index (χ1v) is 6.39. The monoisotopic (exact) mass is 279 g/mol. The molecule has 6 heteroatoms. The SMILES string of the molecule is C=CC(=O)Nc1cccc(-c2nc(C)nc3[nH]ncc23)c1. The highest BCUT2D eigenvalue weighted by molar-refractivity contribution is 5.99. The van der Waals surface area contributed by atoms with Crippen LogP contribution in [0.1, 0.15) is 5.82 Å². The molecule has 0 saturated carbocycles. The average molecular weight is 279 g/mol. The van der Waals surface area contributed by atoms with Gasteiger partial charge in [0, 0.05) is 11.3 Å². The normalized spacial score (nSPS) is 10.5. The molecule has 0 aliphatic carbocycles. The van der Waals surface area contributed by atoms with Crippen molar-refractivity contribution in [2.45, 2.75) is 6.92 Å². The molecule has 1 aromatic carbocycles. The molecule has 2 heterocycles. The summed E-state index contributed by atoms with van der Waals surface area (Å²) in [4.78, 5) is 20.2. The van der Waals surface area contributed by atoms with Crippen LogP contribution in [0.5, 0.6) is 0 Å². The lowest BCUT2D eigenvalue weighted by Crippen LogP contribution is -2.07. The van der Waals surface area contributed by atoms with Gasteiger partial charge >= 0.3 is 0 Å². The molecule has 0 bridgehead atoms. The predicted octanol–water partition coefficient (Wildman–Crippen LogP) is 2.45. The third-order valence-electron chi connectivity index (χ3n) is 3.01. The zero-order chi connectivity index (χ0) is 14.8. The van der Waals surface area contributed by atoms with E-state index in [-0.39, 0.29) is 5.91 Å². The molecule has 2 N–H and O–H groups in total. The molecule has 0 atom stereocenters. The summed E-state index contributed by atoms with van der Waals surface area (Å²) in [5.74, 6) is 0.404. The Morgan fingerprint density at radius 1 is 1.38 bits per heavy atom. The lowest BCUT2D eigenvalue weighted by Gasteiger charge is -2.07. The summed E-state index contributed by atoms with van der Waals surface area (Å²) in [7, 11) is 0. The minimum absolute atomic E-state index is 0.250. The molecule has 0 unspecified atom stereocenters. The molecule has 2 aromatic heterocycles. The van der Waals surface area contributed by atoms with Gasteiger partial charge in [0.15, 0.2) is 5.65 Å². The number of carbonyl (C=O) groups excluding carboxylic acids is 1. The van der Waals surface area contributed by atoms with Crippen molar-refractivity contribution in [2.24, 2.45) is 0 Å². The number of aryl methyl sites for hydroxylation is 1. The second-order valence-corrected chi connectivity index (χ2v) is 4.53. The molecule has 21 heavy (non-hydrogen) atoms. The van der Waals surface area contributed by atoms with E-state index in [0.717, 1.165) is 16.6 Å². The summed E-state index contributed by atoms with van der Waals surface area (Å²) in [6.45, 7) is 5.26. The minimum Gasteiger partial charge on any atom is -0.323 e. The predicted molar refractivity (Wildman–Crippen MR) is 80.7 cm³/mol. The van der Waals surface area contributed by atoms with Crippen LogP contribution in [0, 0.1) is 6.92 Å². The molecule has 3 aromatic rings. The molecular weight excluding hydrogens is 266 g/mol. The number of nitrogens with one attached hydrogen (secondary N) is 2. The summed E-state index contributed by atoms with van der Waals surface area (Å²) < 4.78 is 0. The van der Waals surface area contributed by atoms with Crippen molar-refractivity contribution >= 4 is 22.6 Å². The Bertz CT molecular complexity index is 837. The zero-order valence-electron chi connectivity index (χ0n) is 11.4. The van der Waals surface area contributed by atoms with E-state index < -0.39 is 0 Å². The maximum Gasteiger partial charge on any atom is 0.247 e. The van der Waals surface area contributed by atoms with Crippen LogP contribution in [0.2, 0.25) is 0 Å².